The molecule has 1 aliphatic rings. The van der Waals surface area contributed by atoms with Crippen molar-refractivity contribution in [1.29, 1.82) is 0 Å². The molecule has 0 fully saturated rings. The number of anilines is 2. The van der Waals surface area contributed by atoms with Crippen molar-refractivity contribution in [2.75, 3.05) is 16.3 Å². The van der Waals surface area contributed by atoms with Crippen LogP contribution in [0.25, 0.3) is 0 Å². The lowest BCUT2D eigenvalue weighted by Gasteiger charge is -2.26. The quantitative estimate of drug-likeness (QED) is 0.732. The zero-order valence-corrected chi connectivity index (χ0v) is 13.8. The van der Waals surface area contributed by atoms with E-state index in [1.165, 1.54) is 0 Å². The van der Waals surface area contributed by atoms with Crippen molar-refractivity contribution in [3.63, 3.8) is 0 Å². The topological polar surface area (TPSA) is 49.6 Å². The monoisotopic (exact) mass is 333 g/mol. The lowest BCUT2D eigenvalue weighted by molar-refractivity contribution is -0.118. The molecule has 1 amide bonds. The Morgan fingerprint density at radius 2 is 1.68 bits per heavy atom. The average Bonchev–Trinajstić information content (AvgIpc) is 3.13. The van der Waals surface area contributed by atoms with Gasteiger partial charge in [-0.3, -0.25) is 4.79 Å². The molecule has 25 heavy (non-hydrogen) atoms. The van der Waals surface area contributed by atoms with Crippen molar-refractivity contribution >= 4 is 17.3 Å². The van der Waals surface area contributed by atoms with Gasteiger partial charge < -0.3 is 14.3 Å². The van der Waals surface area contributed by atoms with E-state index in [-0.39, 0.29) is 5.91 Å². The lowest BCUT2D eigenvalue weighted by atomic mass is 10.1. The van der Waals surface area contributed by atoms with Crippen LogP contribution in [0, 0.1) is 0 Å². The first kappa shape index (κ1) is 15.4. The average molecular weight is 333 g/mol. The minimum Gasteiger partial charge on any atom is -0.362 e. The standard InChI is InChI=1S/C20H19N3O2/c24-20-11-13-22(15-17-10-12-21-25-17)18-8-4-5-9-19(18)23(20)14-16-6-2-1-3-7-16/h1-10,12H,11,13-15H2. The van der Waals surface area contributed by atoms with Crippen molar-refractivity contribution in [1.82, 2.24) is 5.16 Å². The van der Waals surface area contributed by atoms with Gasteiger partial charge in [-0.05, 0) is 17.7 Å². The number of hydrogen-bond donors (Lipinski definition) is 0. The second-order valence-electron chi connectivity index (χ2n) is 6.10. The first-order valence-electron chi connectivity index (χ1n) is 8.39. The van der Waals surface area contributed by atoms with Crippen LogP contribution < -0.4 is 9.80 Å². The molecule has 0 radical (unpaired) electrons. The first-order chi connectivity index (χ1) is 12.3. The van der Waals surface area contributed by atoms with E-state index in [0.29, 0.717) is 26.1 Å². The maximum atomic E-state index is 12.8. The van der Waals surface area contributed by atoms with Gasteiger partial charge in [0, 0.05) is 19.0 Å². The minimum atomic E-state index is 0.136. The molecule has 3 aromatic rings. The number of fused-ring (bicyclic) bond motifs is 1. The highest BCUT2D eigenvalue weighted by atomic mass is 16.5. The summed E-state index contributed by atoms with van der Waals surface area (Å²) >= 11 is 0. The molecule has 0 bridgehead atoms. The van der Waals surface area contributed by atoms with Gasteiger partial charge in [0.2, 0.25) is 5.91 Å². The zero-order chi connectivity index (χ0) is 17.1. The predicted molar refractivity (Wildman–Crippen MR) is 96.2 cm³/mol. The van der Waals surface area contributed by atoms with Crippen LogP contribution in [0.15, 0.2) is 71.4 Å². The summed E-state index contributed by atoms with van der Waals surface area (Å²) in [6.45, 7) is 1.83. The third-order valence-electron chi connectivity index (χ3n) is 4.43. The smallest absolute Gasteiger partial charge is 0.229 e. The van der Waals surface area contributed by atoms with E-state index < -0.39 is 0 Å². The summed E-state index contributed by atoms with van der Waals surface area (Å²) in [7, 11) is 0. The van der Waals surface area contributed by atoms with Crippen LogP contribution in [0.2, 0.25) is 0 Å². The Bertz CT molecular complexity index is 846. The van der Waals surface area contributed by atoms with Crippen LogP contribution in [0.4, 0.5) is 11.4 Å². The number of hydrogen-bond acceptors (Lipinski definition) is 4. The lowest BCUT2D eigenvalue weighted by Crippen LogP contribution is -2.29. The van der Waals surface area contributed by atoms with Gasteiger partial charge in [0.05, 0.1) is 30.7 Å². The van der Waals surface area contributed by atoms with E-state index in [2.05, 4.69) is 16.1 Å². The van der Waals surface area contributed by atoms with Crippen LogP contribution in [0.1, 0.15) is 17.7 Å². The van der Waals surface area contributed by atoms with Crippen LogP contribution in [0.3, 0.4) is 0 Å². The molecule has 5 heteroatoms. The minimum absolute atomic E-state index is 0.136. The summed E-state index contributed by atoms with van der Waals surface area (Å²) < 4.78 is 5.25. The Balaban J connectivity index is 1.68. The third-order valence-corrected chi connectivity index (χ3v) is 4.43. The predicted octanol–water partition coefficient (Wildman–Crippen LogP) is 3.62. The second-order valence-corrected chi connectivity index (χ2v) is 6.10. The summed E-state index contributed by atoms with van der Waals surface area (Å²) in [5.74, 6) is 0.926. The molecule has 126 valence electrons. The van der Waals surface area contributed by atoms with Crippen molar-refractivity contribution in [3.05, 3.63) is 78.2 Å². The number of benzene rings is 2. The Labute approximate surface area is 146 Å². The van der Waals surface area contributed by atoms with Gasteiger partial charge in [0.25, 0.3) is 0 Å². The number of carbonyl (C=O) groups excluding carboxylic acids is 1. The van der Waals surface area contributed by atoms with Gasteiger partial charge in [0.1, 0.15) is 0 Å². The summed E-state index contributed by atoms with van der Waals surface area (Å²) in [6.07, 6.45) is 2.11. The molecule has 0 aliphatic carbocycles. The Morgan fingerprint density at radius 3 is 2.44 bits per heavy atom. The number of para-hydroxylation sites is 2. The molecule has 4 rings (SSSR count). The molecule has 2 heterocycles. The molecule has 0 saturated heterocycles. The SMILES string of the molecule is O=C1CCN(Cc2ccno2)c2ccccc2N1Cc1ccccc1. The van der Waals surface area contributed by atoms with Crippen LogP contribution in [-0.2, 0) is 17.9 Å². The van der Waals surface area contributed by atoms with Gasteiger partial charge in [0.15, 0.2) is 5.76 Å². The highest BCUT2D eigenvalue weighted by Gasteiger charge is 2.26. The number of nitrogens with zero attached hydrogens (tertiary/aromatic N) is 3. The van der Waals surface area contributed by atoms with Crippen molar-refractivity contribution in [3.8, 4) is 0 Å². The van der Waals surface area contributed by atoms with E-state index in [1.54, 1.807) is 6.20 Å². The molecular formula is C20H19N3O2. The highest BCUT2D eigenvalue weighted by molar-refractivity contribution is 5.98. The molecule has 0 atom stereocenters. The Hall–Kier alpha value is -3.08. The first-order valence-corrected chi connectivity index (χ1v) is 8.39. The maximum Gasteiger partial charge on any atom is 0.229 e. The highest BCUT2D eigenvalue weighted by Crippen LogP contribution is 2.34. The van der Waals surface area contributed by atoms with Gasteiger partial charge in [-0.25, -0.2) is 0 Å². The molecular weight excluding hydrogens is 314 g/mol. The Morgan fingerprint density at radius 1 is 0.920 bits per heavy atom. The third kappa shape index (κ3) is 3.26. The molecule has 0 N–H and O–H groups in total. The molecule has 0 unspecified atom stereocenters. The molecule has 5 nitrogen and oxygen atoms in total. The number of amides is 1. The van der Waals surface area contributed by atoms with Crippen LogP contribution >= 0.6 is 0 Å². The molecule has 1 aromatic heterocycles. The Kier molecular flexibility index (Phi) is 4.21. The second kappa shape index (κ2) is 6.81. The van der Waals surface area contributed by atoms with Gasteiger partial charge in [-0.15, -0.1) is 0 Å². The number of rotatable bonds is 4. The zero-order valence-electron chi connectivity index (χ0n) is 13.8. The molecule has 0 spiro atoms. The van der Waals surface area contributed by atoms with Gasteiger partial charge in [-0.2, -0.15) is 0 Å². The van der Waals surface area contributed by atoms with Crippen LogP contribution in [-0.4, -0.2) is 17.6 Å². The van der Waals surface area contributed by atoms with E-state index in [9.17, 15) is 4.79 Å². The van der Waals surface area contributed by atoms with Crippen molar-refractivity contribution in [2.24, 2.45) is 0 Å². The molecule has 1 aliphatic heterocycles. The maximum absolute atomic E-state index is 12.8. The van der Waals surface area contributed by atoms with Crippen molar-refractivity contribution < 1.29 is 9.32 Å². The fourth-order valence-corrected chi connectivity index (χ4v) is 3.20. The fraction of sp³-hybridized carbons (Fsp3) is 0.200. The molecule has 2 aromatic carbocycles. The molecule has 0 saturated carbocycles. The van der Waals surface area contributed by atoms with E-state index >= 15 is 0 Å². The normalized spacial score (nSPS) is 14.3. The van der Waals surface area contributed by atoms with Crippen LogP contribution in [0.5, 0.6) is 0 Å². The summed E-state index contributed by atoms with van der Waals surface area (Å²) in [6, 6.07) is 20.0. The summed E-state index contributed by atoms with van der Waals surface area (Å²) in [4.78, 5) is 16.9. The van der Waals surface area contributed by atoms with E-state index in [0.717, 1.165) is 22.7 Å². The van der Waals surface area contributed by atoms with E-state index in [1.807, 2.05) is 59.5 Å². The largest absolute Gasteiger partial charge is 0.362 e. The number of aromatic nitrogens is 1. The number of carbonyl (C=O) groups is 1. The van der Waals surface area contributed by atoms with Gasteiger partial charge in [-0.1, -0.05) is 47.6 Å². The fourth-order valence-electron chi connectivity index (χ4n) is 3.20. The van der Waals surface area contributed by atoms with E-state index in [4.69, 9.17) is 4.52 Å². The van der Waals surface area contributed by atoms with Gasteiger partial charge >= 0.3 is 0 Å². The summed E-state index contributed by atoms with van der Waals surface area (Å²) in [5.41, 5.74) is 3.10. The summed E-state index contributed by atoms with van der Waals surface area (Å²) in [5, 5.41) is 3.77. The van der Waals surface area contributed by atoms with Crippen molar-refractivity contribution in [2.45, 2.75) is 19.5 Å².